The van der Waals surface area contributed by atoms with Gasteiger partial charge in [-0.3, -0.25) is 19.7 Å². The number of likely N-dealkylation sites (tertiary alicyclic amines) is 1. The van der Waals surface area contributed by atoms with E-state index in [4.69, 9.17) is 0 Å². The van der Waals surface area contributed by atoms with Crippen LogP contribution in [-0.2, 0) is 25.9 Å². The third-order valence-electron chi connectivity index (χ3n) is 4.96. The molecule has 0 spiro atoms. The molecule has 1 saturated heterocycles. The second kappa shape index (κ2) is 6.43. The van der Waals surface area contributed by atoms with Crippen LogP contribution in [0, 0.1) is 12.8 Å². The zero-order valence-corrected chi connectivity index (χ0v) is 14.1. The van der Waals surface area contributed by atoms with Crippen LogP contribution in [-0.4, -0.2) is 37.7 Å². The van der Waals surface area contributed by atoms with E-state index in [-0.39, 0.29) is 5.56 Å². The van der Waals surface area contributed by atoms with Gasteiger partial charge in [0.15, 0.2) is 0 Å². The number of hydrogen-bond acceptors (Lipinski definition) is 5. The van der Waals surface area contributed by atoms with Crippen molar-refractivity contribution in [3.05, 3.63) is 51.5 Å². The molecule has 2 aromatic heterocycles. The van der Waals surface area contributed by atoms with Gasteiger partial charge in [-0.2, -0.15) is 5.10 Å². The second-order valence-electron chi connectivity index (χ2n) is 7.05. The highest BCUT2D eigenvalue weighted by atomic mass is 16.1. The lowest BCUT2D eigenvalue weighted by Gasteiger charge is -2.39. The Labute approximate surface area is 141 Å². The van der Waals surface area contributed by atoms with Crippen LogP contribution in [0.5, 0.6) is 0 Å². The molecule has 0 saturated carbocycles. The van der Waals surface area contributed by atoms with Crippen LogP contribution in [0.2, 0.25) is 0 Å². The zero-order valence-electron chi connectivity index (χ0n) is 14.1. The number of aryl methyl sites for hydroxylation is 3. The molecule has 0 unspecified atom stereocenters. The Balaban J connectivity index is 1.35. The van der Waals surface area contributed by atoms with E-state index in [2.05, 4.69) is 20.0 Å². The third kappa shape index (κ3) is 3.24. The van der Waals surface area contributed by atoms with Gasteiger partial charge in [0.2, 0.25) is 0 Å². The molecule has 6 nitrogen and oxygen atoms in total. The lowest BCUT2D eigenvalue weighted by molar-refractivity contribution is 0.0750. The minimum Gasteiger partial charge on any atom is -0.297 e. The summed E-state index contributed by atoms with van der Waals surface area (Å²) in [4.78, 5) is 23.3. The molecule has 1 fully saturated rings. The molecule has 0 N–H and O–H groups in total. The van der Waals surface area contributed by atoms with Gasteiger partial charge in [0.1, 0.15) is 0 Å². The largest absolute Gasteiger partial charge is 0.297 e. The molecular formula is C18H23N5O. The molecule has 24 heavy (non-hydrogen) atoms. The normalized spacial score (nSPS) is 18.2. The van der Waals surface area contributed by atoms with Gasteiger partial charge in [0.05, 0.1) is 23.6 Å². The molecule has 4 rings (SSSR count). The maximum absolute atomic E-state index is 12.2. The van der Waals surface area contributed by atoms with Gasteiger partial charge in [-0.15, -0.1) is 0 Å². The first-order valence-corrected chi connectivity index (χ1v) is 8.77. The quantitative estimate of drug-likeness (QED) is 0.849. The fourth-order valence-electron chi connectivity index (χ4n) is 3.63. The molecule has 0 bridgehead atoms. The van der Waals surface area contributed by atoms with E-state index in [0.717, 1.165) is 61.7 Å². The smallest absolute Gasteiger partial charge is 0.267 e. The number of nitrogens with zero attached hydrogens (tertiary/aromatic N) is 5. The van der Waals surface area contributed by atoms with E-state index in [1.54, 1.807) is 10.7 Å². The summed E-state index contributed by atoms with van der Waals surface area (Å²) in [5.41, 5.74) is 4.29. The zero-order chi connectivity index (χ0) is 16.5. The highest BCUT2D eigenvalue weighted by molar-refractivity contribution is 5.20. The molecular weight excluding hydrogens is 302 g/mol. The van der Waals surface area contributed by atoms with Crippen molar-refractivity contribution >= 4 is 0 Å². The molecule has 1 aliphatic heterocycles. The van der Waals surface area contributed by atoms with Gasteiger partial charge in [-0.1, -0.05) is 0 Å². The van der Waals surface area contributed by atoms with Crippen molar-refractivity contribution in [3.63, 3.8) is 0 Å². The van der Waals surface area contributed by atoms with Crippen LogP contribution in [0.4, 0.5) is 0 Å². The Morgan fingerprint density at radius 3 is 2.79 bits per heavy atom. The maximum atomic E-state index is 12.2. The maximum Gasteiger partial charge on any atom is 0.267 e. The predicted octanol–water partition coefficient (Wildman–Crippen LogP) is 1.35. The van der Waals surface area contributed by atoms with Gasteiger partial charge in [0.25, 0.3) is 5.56 Å². The highest BCUT2D eigenvalue weighted by Crippen LogP contribution is 2.20. The van der Waals surface area contributed by atoms with Crippen molar-refractivity contribution in [1.82, 2.24) is 24.6 Å². The van der Waals surface area contributed by atoms with Crippen LogP contribution < -0.4 is 5.56 Å². The summed E-state index contributed by atoms with van der Waals surface area (Å²) in [6.07, 6.45) is 8.04. The van der Waals surface area contributed by atoms with Gasteiger partial charge in [0, 0.05) is 44.0 Å². The molecule has 0 aromatic carbocycles. The fourth-order valence-corrected chi connectivity index (χ4v) is 3.63. The first kappa shape index (κ1) is 15.4. The summed E-state index contributed by atoms with van der Waals surface area (Å²) < 4.78 is 1.68. The van der Waals surface area contributed by atoms with Gasteiger partial charge in [-0.05, 0) is 38.2 Å². The Bertz CT molecular complexity index is 777. The Morgan fingerprint density at radius 2 is 2.00 bits per heavy atom. The lowest BCUT2D eigenvalue weighted by Crippen LogP contribution is -2.49. The highest BCUT2D eigenvalue weighted by Gasteiger charge is 2.28. The van der Waals surface area contributed by atoms with Crippen LogP contribution in [0.3, 0.4) is 0 Å². The average Bonchev–Trinajstić information content (AvgIpc) is 2.55. The van der Waals surface area contributed by atoms with E-state index in [9.17, 15) is 4.79 Å². The molecule has 2 aliphatic rings. The molecule has 2 aromatic rings. The summed E-state index contributed by atoms with van der Waals surface area (Å²) in [6.45, 7) is 5.47. The predicted molar refractivity (Wildman–Crippen MR) is 90.7 cm³/mol. The van der Waals surface area contributed by atoms with Gasteiger partial charge < -0.3 is 0 Å². The Morgan fingerprint density at radius 1 is 1.17 bits per heavy atom. The van der Waals surface area contributed by atoms with Crippen molar-refractivity contribution in [2.45, 2.75) is 45.7 Å². The second-order valence-corrected chi connectivity index (χ2v) is 7.05. The number of aromatic nitrogens is 4. The van der Waals surface area contributed by atoms with Crippen LogP contribution in [0.25, 0.3) is 0 Å². The third-order valence-corrected chi connectivity index (χ3v) is 4.96. The summed E-state index contributed by atoms with van der Waals surface area (Å²) in [7, 11) is 0. The van der Waals surface area contributed by atoms with Crippen LogP contribution in [0.1, 0.15) is 35.5 Å². The standard InChI is InChI=1S/C18H23N5O/c1-13-7-20-16(8-19-13)12-22-9-14(10-22)11-23-18(24)6-15-4-2-3-5-17(15)21-23/h6-8,14H,2-5,9-12H2,1H3. The first-order chi connectivity index (χ1) is 11.7. The molecule has 0 amide bonds. The molecule has 3 heterocycles. The van der Waals surface area contributed by atoms with Crippen molar-refractivity contribution in [3.8, 4) is 0 Å². The van der Waals surface area contributed by atoms with Crippen molar-refractivity contribution in [2.24, 2.45) is 5.92 Å². The minimum absolute atomic E-state index is 0.0542. The first-order valence-electron chi connectivity index (χ1n) is 8.77. The molecule has 6 heteroatoms. The number of rotatable bonds is 4. The van der Waals surface area contributed by atoms with Crippen molar-refractivity contribution < 1.29 is 0 Å². The Kier molecular flexibility index (Phi) is 4.14. The molecule has 1 aliphatic carbocycles. The fraction of sp³-hybridized carbons (Fsp3) is 0.556. The number of fused-ring (bicyclic) bond motifs is 1. The molecule has 0 atom stereocenters. The van der Waals surface area contributed by atoms with Gasteiger partial charge >= 0.3 is 0 Å². The van der Waals surface area contributed by atoms with Crippen molar-refractivity contribution in [2.75, 3.05) is 13.1 Å². The van der Waals surface area contributed by atoms with E-state index in [1.807, 2.05) is 19.3 Å². The lowest BCUT2D eigenvalue weighted by atomic mass is 9.96. The van der Waals surface area contributed by atoms with Crippen LogP contribution >= 0.6 is 0 Å². The summed E-state index contributed by atoms with van der Waals surface area (Å²) in [5, 5.41) is 4.62. The van der Waals surface area contributed by atoms with E-state index >= 15 is 0 Å². The Hall–Kier alpha value is -2.08. The molecule has 0 radical (unpaired) electrons. The number of hydrogen-bond donors (Lipinski definition) is 0. The monoisotopic (exact) mass is 325 g/mol. The average molecular weight is 325 g/mol. The molecule has 126 valence electrons. The topological polar surface area (TPSA) is 63.9 Å². The van der Waals surface area contributed by atoms with E-state index < -0.39 is 0 Å². The van der Waals surface area contributed by atoms with E-state index in [0.29, 0.717) is 5.92 Å². The summed E-state index contributed by atoms with van der Waals surface area (Å²) in [6, 6.07) is 1.81. The van der Waals surface area contributed by atoms with E-state index in [1.165, 1.54) is 12.8 Å². The van der Waals surface area contributed by atoms with Crippen molar-refractivity contribution in [1.29, 1.82) is 0 Å². The summed E-state index contributed by atoms with van der Waals surface area (Å²) >= 11 is 0. The van der Waals surface area contributed by atoms with Gasteiger partial charge in [-0.25, -0.2) is 4.68 Å². The SMILES string of the molecule is Cc1cnc(CN2CC(Cn3nc4c(cc3=O)CCCC4)C2)cn1. The minimum atomic E-state index is 0.0542. The summed E-state index contributed by atoms with van der Waals surface area (Å²) in [5.74, 6) is 0.496. The van der Waals surface area contributed by atoms with Crippen LogP contribution in [0.15, 0.2) is 23.3 Å².